The van der Waals surface area contributed by atoms with Gasteiger partial charge in [-0.25, -0.2) is 14.0 Å². The summed E-state index contributed by atoms with van der Waals surface area (Å²) in [5.41, 5.74) is 1.83. The van der Waals surface area contributed by atoms with Gasteiger partial charge in [-0.2, -0.15) is 0 Å². The Balaban J connectivity index is 2.28. The molecule has 1 unspecified atom stereocenters. The smallest absolute Gasteiger partial charge is 0.354 e. The first-order valence-corrected chi connectivity index (χ1v) is 6.38. The highest BCUT2D eigenvalue weighted by molar-refractivity contribution is 6.08. The van der Waals surface area contributed by atoms with Gasteiger partial charge in [0.2, 0.25) is 0 Å². The molecule has 3 rings (SSSR count). The molecule has 2 aliphatic heterocycles. The zero-order valence-corrected chi connectivity index (χ0v) is 11.2. The number of aliphatic hydroxyl groups excluding tert-OH is 1. The minimum Gasteiger partial charge on any atom is -0.464 e. The molecule has 1 aromatic carbocycles. The number of nitrogens with zero attached hydrogens (tertiary/aromatic N) is 1. The van der Waals surface area contributed by atoms with E-state index in [0.717, 1.165) is 0 Å². The zero-order chi connectivity index (χ0) is 15.1. The van der Waals surface area contributed by atoms with Gasteiger partial charge >= 0.3 is 5.97 Å². The number of hydrogen-bond donors (Lipinski definition) is 1. The molecule has 0 saturated heterocycles. The van der Waals surface area contributed by atoms with Crippen LogP contribution < -0.4 is 4.90 Å². The lowest BCUT2D eigenvalue weighted by molar-refractivity contribution is -0.136. The standard InChI is InChI=1S/C15H12FNO4/c1-21-15(20)13-4-9(6-18)12-5-10(16)2-8-3-11(7-19)17(13)14(8)12/h2,4-5,11,19H,3,7H2,1H3. The molecule has 6 heteroatoms. The molecule has 0 fully saturated rings. The van der Waals surface area contributed by atoms with Gasteiger partial charge in [0.25, 0.3) is 0 Å². The molecule has 5 nitrogen and oxygen atoms in total. The second-order valence-corrected chi connectivity index (χ2v) is 4.91. The van der Waals surface area contributed by atoms with Crippen molar-refractivity contribution in [1.29, 1.82) is 0 Å². The summed E-state index contributed by atoms with van der Waals surface area (Å²) in [7, 11) is 1.23. The van der Waals surface area contributed by atoms with Crippen molar-refractivity contribution in [3.63, 3.8) is 0 Å². The van der Waals surface area contributed by atoms with Crippen LogP contribution in [0.2, 0.25) is 0 Å². The van der Waals surface area contributed by atoms with Crippen LogP contribution in [0.15, 0.2) is 23.9 Å². The predicted molar refractivity (Wildman–Crippen MR) is 72.7 cm³/mol. The number of rotatable bonds is 2. The first-order valence-electron chi connectivity index (χ1n) is 6.38. The highest BCUT2D eigenvalue weighted by Gasteiger charge is 2.39. The Kier molecular flexibility index (Phi) is 3.12. The van der Waals surface area contributed by atoms with Gasteiger partial charge in [0.15, 0.2) is 0 Å². The van der Waals surface area contributed by atoms with Crippen LogP contribution in [-0.4, -0.2) is 36.8 Å². The molecule has 0 amide bonds. The number of methoxy groups -OCH3 is 1. The van der Waals surface area contributed by atoms with E-state index < -0.39 is 11.8 Å². The van der Waals surface area contributed by atoms with Crippen molar-refractivity contribution in [3.05, 3.63) is 40.8 Å². The first kappa shape index (κ1) is 13.5. The Bertz CT molecular complexity index is 719. The average molecular weight is 289 g/mol. The fraction of sp³-hybridized carbons (Fsp3) is 0.267. The minimum absolute atomic E-state index is 0.0981. The molecule has 1 aromatic rings. The van der Waals surface area contributed by atoms with E-state index in [1.165, 1.54) is 25.3 Å². The molecule has 1 atom stereocenters. The fourth-order valence-electron chi connectivity index (χ4n) is 2.92. The molecular formula is C15H12FNO4. The van der Waals surface area contributed by atoms with E-state index in [1.54, 1.807) is 10.8 Å². The summed E-state index contributed by atoms with van der Waals surface area (Å²) in [5, 5.41) is 9.52. The summed E-state index contributed by atoms with van der Waals surface area (Å²) < 4.78 is 18.4. The van der Waals surface area contributed by atoms with Crippen LogP contribution in [0.5, 0.6) is 0 Å². The largest absolute Gasteiger partial charge is 0.464 e. The van der Waals surface area contributed by atoms with Gasteiger partial charge in [-0.1, -0.05) is 0 Å². The van der Waals surface area contributed by atoms with Crippen LogP contribution in [0.1, 0.15) is 11.1 Å². The van der Waals surface area contributed by atoms with Crippen molar-refractivity contribution in [2.45, 2.75) is 12.5 Å². The number of hydrogen-bond acceptors (Lipinski definition) is 5. The number of carbonyl (C=O) groups excluding carboxylic acids is 2. The Morgan fingerprint density at radius 2 is 2.33 bits per heavy atom. The van der Waals surface area contributed by atoms with Gasteiger partial charge in [0.1, 0.15) is 17.5 Å². The number of anilines is 1. The monoisotopic (exact) mass is 289 g/mol. The molecule has 0 bridgehead atoms. The summed E-state index contributed by atoms with van der Waals surface area (Å²) in [5.74, 6) is 0.642. The zero-order valence-electron chi connectivity index (χ0n) is 11.2. The maximum absolute atomic E-state index is 13.7. The third-order valence-electron chi connectivity index (χ3n) is 3.76. The molecular weight excluding hydrogens is 277 g/mol. The molecule has 0 radical (unpaired) electrons. The topological polar surface area (TPSA) is 66.8 Å². The van der Waals surface area contributed by atoms with E-state index in [0.29, 0.717) is 23.2 Å². The number of esters is 1. The number of carbonyl (C=O) groups is 1. The average Bonchev–Trinajstić information content (AvgIpc) is 2.86. The number of halogens is 1. The number of benzene rings is 1. The van der Waals surface area contributed by atoms with Crippen LogP contribution >= 0.6 is 0 Å². The van der Waals surface area contributed by atoms with Crippen molar-refractivity contribution < 1.29 is 23.8 Å². The molecule has 2 aliphatic rings. The molecule has 108 valence electrons. The maximum Gasteiger partial charge on any atom is 0.354 e. The minimum atomic E-state index is -0.621. The van der Waals surface area contributed by atoms with Crippen LogP contribution in [0.4, 0.5) is 10.1 Å². The summed E-state index contributed by atoms with van der Waals surface area (Å²) in [6, 6.07) is 2.19. The van der Waals surface area contributed by atoms with Gasteiger partial charge < -0.3 is 14.7 Å². The van der Waals surface area contributed by atoms with Gasteiger partial charge in [-0.05, 0) is 30.2 Å². The maximum atomic E-state index is 13.7. The lowest BCUT2D eigenvalue weighted by Crippen LogP contribution is -2.39. The quantitative estimate of drug-likeness (QED) is 0.645. The van der Waals surface area contributed by atoms with E-state index in [1.807, 2.05) is 0 Å². The summed E-state index contributed by atoms with van der Waals surface area (Å²) in [6.07, 6.45) is 1.70. The van der Waals surface area contributed by atoms with Crippen LogP contribution in [0.3, 0.4) is 0 Å². The molecule has 2 heterocycles. The predicted octanol–water partition coefficient (Wildman–Crippen LogP) is 0.835. The van der Waals surface area contributed by atoms with Crippen molar-refractivity contribution in [1.82, 2.24) is 0 Å². The Labute approximate surface area is 119 Å². The summed E-state index contributed by atoms with van der Waals surface area (Å²) in [6.45, 7) is -0.204. The normalized spacial score (nSPS) is 19.0. The highest BCUT2D eigenvalue weighted by Crippen LogP contribution is 2.44. The van der Waals surface area contributed by atoms with Crippen molar-refractivity contribution in [3.8, 4) is 0 Å². The molecule has 0 spiro atoms. The van der Waals surface area contributed by atoms with Crippen molar-refractivity contribution in [2.75, 3.05) is 18.6 Å². The first-order chi connectivity index (χ1) is 10.1. The second-order valence-electron chi connectivity index (χ2n) is 4.91. The fourth-order valence-corrected chi connectivity index (χ4v) is 2.92. The summed E-state index contributed by atoms with van der Waals surface area (Å²) >= 11 is 0. The summed E-state index contributed by atoms with van der Waals surface area (Å²) in [4.78, 5) is 24.7. The van der Waals surface area contributed by atoms with Gasteiger partial charge in [0, 0.05) is 5.56 Å². The Morgan fingerprint density at radius 3 is 2.95 bits per heavy atom. The van der Waals surface area contributed by atoms with E-state index in [9.17, 15) is 19.1 Å². The number of allylic oxidation sites excluding steroid dienone is 2. The van der Waals surface area contributed by atoms with Gasteiger partial charge in [-0.15, -0.1) is 0 Å². The Morgan fingerprint density at radius 1 is 1.57 bits per heavy atom. The van der Waals surface area contributed by atoms with Crippen LogP contribution in [-0.2, 0) is 20.7 Å². The molecule has 0 saturated carbocycles. The van der Waals surface area contributed by atoms with E-state index in [-0.39, 0.29) is 23.9 Å². The van der Waals surface area contributed by atoms with E-state index in [4.69, 9.17) is 4.74 Å². The van der Waals surface area contributed by atoms with Crippen LogP contribution in [0.25, 0.3) is 5.57 Å². The lowest BCUT2D eigenvalue weighted by atomic mass is 9.97. The van der Waals surface area contributed by atoms with Crippen LogP contribution in [0, 0.1) is 5.82 Å². The third kappa shape index (κ3) is 1.88. The molecule has 21 heavy (non-hydrogen) atoms. The van der Waals surface area contributed by atoms with Crippen molar-refractivity contribution >= 4 is 23.2 Å². The number of ether oxygens (including phenoxy) is 1. The second kappa shape index (κ2) is 4.84. The molecule has 0 aliphatic carbocycles. The van der Waals surface area contributed by atoms with E-state index >= 15 is 0 Å². The molecule has 1 N–H and O–H groups in total. The van der Waals surface area contributed by atoms with Crippen molar-refractivity contribution in [2.24, 2.45) is 0 Å². The van der Waals surface area contributed by atoms with E-state index in [2.05, 4.69) is 0 Å². The van der Waals surface area contributed by atoms with Gasteiger partial charge in [-0.3, -0.25) is 0 Å². The highest BCUT2D eigenvalue weighted by atomic mass is 19.1. The Hall–Kier alpha value is -2.43. The SMILES string of the molecule is COC(=O)C1=CC(=C=O)c2cc(F)cc3c2N1C(CO)C3. The van der Waals surface area contributed by atoms with Gasteiger partial charge in [0.05, 0.1) is 31.0 Å². The third-order valence-corrected chi connectivity index (χ3v) is 3.76. The lowest BCUT2D eigenvalue weighted by Gasteiger charge is -2.31. The molecule has 0 aromatic heterocycles. The number of aliphatic hydroxyl groups is 1.